The van der Waals surface area contributed by atoms with Crippen LogP contribution in [0.1, 0.15) is 26.7 Å². The second-order valence-corrected chi connectivity index (χ2v) is 7.14. The number of nitrogens with zero attached hydrogens (tertiary/aromatic N) is 2. The van der Waals surface area contributed by atoms with Crippen LogP contribution in [0.5, 0.6) is 0 Å². The van der Waals surface area contributed by atoms with Crippen molar-refractivity contribution in [1.29, 1.82) is 0 Å². The van der Waals surface area contributed by atoms with Crippen LogP contribution in [-0.2, 0) is 16.6 Å². The number of aryl methyl sites for hydroxylation is 1. The first-order chi connectivity index (χ1) is 8.95. The summed E-state index contributed by atoms with van der Waals surface area (Å²) in [7, 11) is -3.49. The third-order valence-electron chi connectivity index (χ3n) is 3.75. The summed E-state index contributed by atoms with van der Waals surface area (Å²) in [5.41, 5.74) is 0.0334. The van der Waals surface area contributed by atoms with Crippen molar-refractivity contribution in [3.63, 3.8) is 0 Å². The van der Waals surface area contributed by atoms with Crippen molar-refractivity contribution in [2.24, 2.45) is 5.41 Å². The molecule has 0 aromatic carbocycles. The van der Waals surface area contributed by atoms with Gasteiger partial charge >= 0.3 is 0 Å². The molecule has 6 nitrogen and oxygen atoms in total. The van der Waals surface area contributed by atoms with E-state index in [-0.39, 0.29) is 10.4 Å². The largest absolute Gasteiger partial charge is 0.336 e. The highest BCUT2D eigenvalue weighted by Crippen LogP contribution is 2.27. The Morgan fingerprint density at radius 1 is 1.47 bits per heavy atom. The Hall–Kier alpha value is -0.920. The van der Waals surface area contributed by atoms with E-state index in [1.165, 1.54) is 0 Å². The van der Waals surface area contributed by atoms with Gasteiger partial charge < -0.3 is 9.88 Å². The molecule has 1 saturated heterocycles. The summed E-state index contributed by atoms with van der Waals surface area (Å²) in [5, 5.41) is 3.39. The highest BCUT2D eigenvalue weighted by atomic mass is 32.2. The van der Waals surface area contributed by atoms with Crippen molar-refractivity contribution in [1.82, 2.24) is 19.6 Å². The van der Waals surface area contributed by atoms with Crippen LogP contribution in [0.3, 0.4) is 0 Å². The summed E-state index contributed by atoms with van der Waals surface area (Å²) in [5.74, 6) is 0. The van der Waals surface area contributed by atoms with Gasteiger partial charge in [-0.05, 0) is 38.3 Å². The Bertz CT molecular complexity index is 518. The summed E-state index contributed by atoms with van der Waals surface area (Å²) < 4.78 is 28.7. The minimum Gasteiger partial charge on any atom is -0.336 e. The molecule has 1 fully saturated rings. The number of hydrogen-bond donors (Lipinski definition) is 2. The molecule has 0 unspecified atom stereocenters. The standard InChI is InChI=1S/C12H22N4O2S/c1-3-16-8-11(14-10-16)19(17,18)15-9-12(2)4-6-13-7-5-12/h8,10,13,15H,3-7,9H2,1-2H3. The van der Waals surface area contributed by atoms with Crippen molar-refractivity contribution in [2.75, 3.05) is 19.6 Å². The third kappa shape index (κ3) is 3.55. The van der Waals surface area contributed by atoms with E-state index >= 15 is 0 Å². The molecular formula is C12H22N4O2S. The molecule has 0 aliphatic carbocycles. The number of sulfonamides is 1. The minimum absolute atomic E-state index is 0.0334. The minimum atomic E-state index is -3.49. The summed E-state index contributed by atoms with van der Waals surface area (Å²) in [6, 6.07) is 0. The van der Waals surface area contributed by atoms with E-state index < -0.39 is 10.0 Å². The van der Waals surface area contributed by atoms with Gasteiger partial charge in [-0.15, -0.1) is 0 Å². The van der Waals surface area contributed by atoms with Crippen molar-refractivity contribution in [2.45, 2.75) is 38.3 Å². The molecule has 7 heteroatoms. The van der Waals surface area contributed by atoms with Gasteiger partial charge in [0.05, 0.1) is 6.33 Å². The van der Waals surface area contributed by atoms with Crippen LogP contribution in [0, 0.1) is 5.41 Å². The molecular weight excluding hydrogens is 264 g/mol. The smallest absolute Gasteiger partial charge is 0.259 e. The van der Waals surface area contributed by atoms with Crippen LogP contribution in [-0.4, -0.2) is 37.6 Å². The molecule has 2 heterocycles. The number of rotatable bonds is 5. The van der Waals surface area contributed by atoms with Crippen LogP contribution in [0.4, 0.5) is 0 Å². The molecule has 0 bridgehead atoms. The maximum absolute atomic E-state index is 12.1. The first-order valence-electron chi connectivity index (χ1n) is 6.67. The topological polar surface area (TPSA) is 76.0 Å². The maximum atomic E-state index is 12.1. The number of piperidine rings is 1. The lowest BCUT2D eigenvalue weighted by Crippen LogP contribution is -2.42. The Morgan fingerprint density at radius 3 is 2.74 bits per heavy atom. The van der Waals surface area contributed by atoms with Gasteiger partial charge in [0.15, 0.2) is 5.03 Å². The van der Waals surface area contributed by atoms with Crippen LogP contribution in [0.2, 0.25) is 0 Å². The van der Waals surface area contributed by atoms with Crippen molar-refractivity contribution >= 4 is 10.0 Å². The highest BCUT2D eigenvalue weighted by molar-refractivity contribution is 7.89. The molecule has 0 amide bonds. The van der Waals surface area contributed by atoms with E-state index in [9.17, 15) is 8.42 Å². The fraction of sp³-hybridized carbons (Fsp3) is 0.750. The molecule has 2 N–H and O–H groups in total. The second kappa shape index (κ2) is 5.60. The van der Waals surface area contributed by atoms with Gasteiger partial charge in [-0.3, -0.25) is 0 Å². The molecule has 0 spiro atoms. The van der Waals surface area contributed by atoms with Crippen LogP contribution < -0.4 is 10.0 Å². The fourth-order valence-electron chi connectivity index (χ4n) is 2.20. The predicted octanol–water partition coefficient (Wildman–Crippen LogP) is 0.571. The van der Waals surface area contributed by atoms with E-state index in [4.69, 9.17) is 0 Å². The molecule has 0 saturated carbocycles. The van der Waals surface area contributed by atoms with E-state index in [2.05, 4.69) is 21.9 Å². The predicted molar refractivity (Wildman–Crippen MR) is 73.3 cm³/mol. The summed E-state index contributed by atoms with van der Waals surface area (Å²) in [6.07, 6.45) is 5.08. The Balaban J connectivity index is 2.01. The molecule has 1 aromatic heterocycles. The maximum Gasteiger partial charge on any atom is 0.259 e. The molecule has 1 aliphatic heterocycles. The number of imidazole rings is 1. The van der Waals surface area contributed by atoms with Crippen LogP contribution in [0.25, 0.3) is 0 Å². The van der Waals surface area contributed by atoms with Gasteiger partial charge in [0.2, 0.25) is 0 Å². The van der Waals surface area contributed by atoms with Gasteiger partial charge in [0, 0.05) is 19.3 Å². The Kier molecular flexibility index (Phi) is 4.27. The molecule has 2 rings (SSSR count). The van der Waals surface area contributed by atoms with Gasteiger partial charge in [0.1, 0.15) is 0 Å². The Morgan fingerprint density at radius 2 is 2.16 bits per heavy atom. The van der Waals surface area contributed by atoms with Crippen LogP contribution in [0.15, 0.2) is 17.6 Å². The summed E-state index contributed by atoms with van der Waals surface area (Å²) in [4.78, 5) is 3.95. The lowest BCUT2D eigenvalue weighted by Gasteiger charge is -2.33. The molecule has 0 atom stereocenters. The van der Waals surface area contributed by atoms with Gasteiger partial charge in [-0.1, -0.05) is 6.92 Å². The zero-order valence-corrected chi connectivity index (χ0v) is 12.3. The average Bonchev–Trinajstić information content (AvgIpc) is 2.87. The van der Waals surface area contributed by atoms with Crippen molar-refractivity contribution in [3.05, 3.63) is 12.5 Å². The van der Waals surface area contributed by atoms with Crippen molar-refractivity contribution in [3.8, 4) is 0 Å². The molecule has 1 aliphatic rings. The van der Waals surface area contributed by atoms with Crippen molar-refractivity contribution < 1.29 is 8.42 Å². The fourth-order valence-corrected chi connectivity index (χ4v) is 3.35. The third-order valence-corrected chi connectivity index (χ3v) is 5.04. The number of nitrogens with one attached hydrogen (secondary N) is 2. The van der Waals surface area contributed by atoms with Gasteiger partial charge in [0.25, 0.3) is 10.0 Å². The first-order valence-corrected chi connectivity index (χ1v) is 8.16. The first kappa shape index (κ1) is 14.5. The zero-order valence-electron chi connectivity index (χ0n) is 11.5. The van der Waals surface area contributed by atoms with E-state index in [0.29, 0.717) is 13.1 Å². The number of aromatic nitrogens is 2. The lowest BCUT2D eigenvalue weighted by molar-refractivity contribution is 0.232. The number of hydrogen-bond acceptors (Lipinski definition) is 4. The van der Waals surface area contributed by atoms with E-state index in [0.717, 1.165) is 25.9 Å². The van der Waals surface area contributed by atoms with Gasteiger partial charge in [-0.2, -0.15) is 0 Å². The molecule has 1 aromatic rings. The monoisotopic (exact) mass is 286 g/mol. The average molecular weight is 286 g/mol. The normalized spacial score (nSPS) is 19.5. The molecule has 108 valence electrons. The van der Waals surface area contributed by atoms with Gasteiger partial charge in [-0.25, -0.2) is 18.1 Å². The SMILES string of the molecule is CCn1cnc(S(=O)(=O)NCC2(C)CCNCC2)c1. The highest BCUT2D eigenvalue weighted by Gasteiger charge is 2.29. The van der Waals surface area contributed by atoms with E-state index in [1.54, 1.807) is 17.1 Å². The van der Waals surface area contributed by atoms with Crippen LogP contribution >= 0.6 is 0 Å². The summed E-state index contributed by atoms with van der Waals surface area (Å²) in [6.45, 7) is 7.15. The quantitative estimate of drug-likeness (QED) is 0.830. The lowest BCUT2D eigenvalue weighted by atomic mass is 9.81. The van der Waals surface area contributed by atoms with E-state index in [1.807, 2.05) is 6.92 Å². The Labute approximate surface area is 114 Å². The molecule has 0 radical (unpaired) electrons. The molecule has 19 heavy (non-hydrogen) atoms. The second-order valence-electron chi connectivity index (χ2n) is 5.43. The summed E-state index contributed by atoms with van der Waals surface area (Å²) >= 11 is 0. The zero-order chi connectivity index (χ0) is 13.9.